The van der Waals surface area contributed by atoms with Gasteiger partial charge in [-0.2, -0.15) is 26.3 Å². The Kier molecular flexibility index (Phi) is 15.8. The number of ether oxygens (including phenoxy) is 6. The van der Waals surface area contributed by atoms with E-state index in [-0.39, 0.29) is 45.9 Å². The van der Waals surface area contributed by atoms with Crippen molar-refractivity contribution < 1.29 is 73.9 Å². The van der Waals surface area contributed by atoms with Crippen molar-refractivity contribution in [3.05, 3.63) is 59.7 Å². The van der Waals surface area contributed by atoms with E-state index >= 15 is 0 Å². The number of aromatic nitrogens is 8. The van der Waals surface area contributed by atoms with Crippen LogP contribution in [-0.2, 0) is 31.3 Å². The third kappa shape index (κ3) is 12.3. The fourth-order valence-corrected chi connectivity index (χ4v) is 10.8. The molecule has 0 saturated heterocycles. The number of aromatic amines is 4. The number of benzene rings is 4. The van der Waals surface area contributed by atoms with Gasteiger partial charge in [0.2, 0.25) is 23.8 Å². The summed E-state index contributed by atoms with van der Waals surface area (Å²) >= 11 is 0. The summed E-state index contributed by atoms with van der Waals surface area (Å²) in [6.45, 7) is 0. The molecule has 4 amide bonds. The van der Waals surface area contributed by atoms with Gasteiger partial charge in [-0.25, -0.2) is 39.1 Å². The summed E-state index contributed by atoms with van der Waals surface area (Å²) < 4.78 is 112. The SMILES string of the molecule is COC(=O)Nc1nc2cc(SSc3cc4nc(NC(=O)OC)[nH]c4cc3C(F)(F)F)c(C(F)(F)F)cc2[nH]1.COC(=O)Nc1nc2cc(SSc3cc4nc(NC(=O)OC)[nH]c4cc3OC)c(OC)cc2[nH]1. The first-order chi connectivity index (χ1) is 34.2. The van der Waals surface area contributed by atoms with Gasteiger partial charge in [-0.1, -0.05) is 21.6 Å². The van der Waals surface area contributed by atoms with E-state index in [0.29, 0.717) is 55.2 Å². The summed E-state index contributed by atoms with van der Waals surface area (Å²) in [6.07, 6.45) is -12.8. The Morgan fingerprint density at radius 3 is 0.917 bits per heavy atom. The highest BCUT2D eigenvalue weighted by atomic mass is 33.1. The minimum Gasteiger partial charge on any atom is -0.495 e. The molecule has 0 atom stereocenters. The molecule has 0 saturated carbocycles. The highest BCUT2D eigenvalue weighted by Crippen LogP contribution is 2.50. The van der Waals surface area contributed by atoms with Crippen LogP contribution in [0.25, 0.3) is 44.1 Å². The number of imidazole rings is 4. The van der Waals surface area contributed by atoms with E-state index in [0.717, 1.165) is 48.3 Å². The van der Waals surface area contributed by atoms with Crippen LogP contribution < -0.4 is 30.7 Å². The molecule has 0 aliphatic carbocycles. The summed E-state index contributed by atoms with van der Waals surface area (Å²) in [5.41, 5.74) is 0.305. The van der Waals surface area contributed by atoms with E-state index in [1.54, 1.807) is 26.4 Å². The Morgan fingerprint density at radius 2 is 0.667 bits per heavy atom. The Hall–Kier alpha value is -7.58. The molecular weight excluding hydrogens is 1050 g/mol. The van der Waals surface area contributed by atoms with Gasteiger partial charge in [-0.05, 0) is 58.0 Å². The van der Waals surface area contributed by atoms with Gasteiger partial charge in [0.25, 0.3) is 0 Å². The van der Waals surface area contributed by atoms with Crippen LogP contribution in [0.4, 0.5) is 69.3 Å². The molecule has 0 fully saturated rings. The maximum absolute atomic E-state index is 13.8. The first kappa shape index (κ1) is 52.2. The van der Waals surface area contributed by atoms with Crippen molar-refractivity contribution in [3.8, 4) is 11.5 Å². The lowest BCUT2D eigenvalue weighted by Crippen LogP contribution is -2.11. The standard InChI is InChI=1S/C20H14F6N6O4S2.C20H20N6O6S2/c1-35-17(33)31-15-27-9-3-7(19(21,22)23)13(5-11(9)29-15)37-38-14-6-12-10(4-8(14)20(24,25)26)28-16(30-12)32-18(34)36-2;1-29-13-5-9-11(23-17(21-9)25-19(27)31-3)7-15(13)33-34-16-8-12-10(6-14(16)30-2)22-18(24-12)26-20(28)32-4/h3-6H,1-2H3,(H2,27,29,31,33)(H2,28,30,32,34);5-8H,1-4H3,(H2,21,23,25,27)(H2,22,24,26,28). The smallest absolute Gasteiger partial charge is 0.417 e. The second-order valence-corrected chi connectivity index (χ2v) is 18.3. The van der Waals surface area contributed by atoms with Crippen LogP contribution in [0.15, 0.2) is 68.1 Å². The molecule has 4 aromatic carbocycles. The monoisotopic (exact) mass is 1080 g/mol. The topological polar surface area (TPSA) is 286 Å². The normalized spacial score (nSPS) is 11.5. The number of rotatable bonds is 12. The van der Waals surface area contributed by atoms with Crippen LogP contribution in [0.5, 0.6) is 11.5 Å². The summed E-state index contributed by atoms with van der Waals surface area (Å²) in [5.74, 6) is 1.41. The molecule has 4 heterocycles. The molecule has 72 heavy (non-hydrogen) atoms. The fourth-order valence-electron chi connectivity index (χ4n) is 6.15. The minimum absolute atomic E-state index is 0.0184. The van der Waals surface area contributed by atoms with Crippen molar-refractivity contribution >= 4 is 135 Å². The van der Waals surface area contributed by atoms with Crippen molar-refractivity contribution in [1.82, 2.24) is 39.9 Å². The molecular formula is C40H34F6N12O10S4. The van der Waals surface area contributed by atoms with Crippen LogP contribution in [-0.4, -0.2) is 107 Å². The molecule has 0 aliphatic rings. The van der Waals surface area contributed by atoms with Crippen LogP contribution in [0.1, 0.15) is 11.1 Å². The first-order valence-corrected chi connectivity index (χ1v) is 24.0. The quantitative estimate of drug-likeness (QED) is 0.0320. The number of alkyl halides is 6. The number of nitrogens with one attached hydrogen (secondary N) is 8. The first-order valence-electron chi connectivity index (χ1n) is 19.7. The number of hydrogen-bond donors (Lipinski definition) is 8. The lowest BCUT2D eigenvalue weighted by atomic mass is 10.2. The lowest BCUT2D eigenvalue weighted by Gasteiger charge is -2.14. The van der Waals surface area contributed by atoms with Crippen LogP contribution in [0, 0.1) is 0 Å². The van der Waals surface area contributed by atoms with E-state index in [9.17, 15) is 45.5 Å². The minimum atomic E-state index is -4.86. The highest BCUT2D eigenvalue weighted by Gasteiger charge is 2.37. The third-order valence-corrected chi connectivity index (χ3v) is 14.2. The molecule has 0 bridgehead atoms. The molecule has 8 rings (SSSR count). The van der Waals surface area contributed by atoms with Gasteiger partial charge in [0.1, 0.15) is 11.5 Å². The maximum Gasteiger partial charge on any atom is 0.417 e. The number of amides is 4. The third-order valence-electron chi connectivity index (χ3n) is 9.38. The van der Waals surface area contributed by atoms with E-state index in [1.165, 1.54) is 35.8 Å². The number of nitrogens with zero attached hydrogens (tertiary/aromatic N) is 4. The number of fused-ring (bicyclic) bond motifs is 4. The average molecular weight is 1090 g/mol. The molecule has 8 aromatic rings. The van der Waals surface area contributed by atoms with Gasteiger partial charge >= 0.3 is 36.7 Å². The zero-order valence-electron chi connectivity index (χ0n) is 37.4. The Morgan fingerprint density at radius 1 is 0.417 bits per heavy atom. The van der Waals surface area contributed by atoms with E-state index < -0.39 is 57.6 Å². The number of carbonyl (C=O) groups excluding carboxylic acids is 4. The summed E-state index contributed by atoms with van der Waals surface area (Å²) in [7, 11) is 11.6. The van der Waals surface area contributed by atoms with Gasteiger partial charge in [0.05, 0.1) is 108 Å². The summed E-state index contributed by atoms with van der Waals surface area (Å²) in [5, 5.41) is 9.38. The number of hydrogen-bond acceptors (Lipinski definition) is 18. The van der Waals surface area contributed by atoms with E-state index in [1.807, 2.05) is 12.1 Å². The van der Waals surface area contributed by atoms with Gasteiger partial charge in [0.15, 0.2) is 0 Å². The van der Waals surface area contributed by atoms with Crippen molar-refractivity contribution in [2.75, 3.05) is 63.9 Å². The largest absolute Gasteiger partial charge is 0.495 e. The van der Waals surface area contributed by atoms with Crippen LogP contribution in [0.2, 0.25) is 0 Å². The summed E-state index contributed by atoms with van der Waals surface area (Å²) in [4.78, 5) is 74.2. The lowest BCUT2D eigenvalue weighted by molar-refractivity contribution is -0.140. The Labute approximate surface area is 414 Å². The van der Waals surface area contributed by atoms with Crippen molar-refractivity contribution in [2.45, 2.75) is 31.9 Å². The number of carbonyl (C=O) groups is 4. The van der Waals surface area contributed by atoms with Crippen LogP contribution >= 0.6 is 43.2 Å². The van der Waals surface area contributed by atoms with Gasteiger partial charge in [-0.15, -0.1) is 0 Å². The Bertz CT molecular complexity index is 3130. The molecule has 0 aliphatic heterocycles. The molecule has 8 N–H and O–H groups in total. The molecule has 0 spiro atoms. The number of H-pyrrole nitrogens is 4. The average Bonchev–Trinajstić information content (AvgIpc) is 4.14. The maximum atomic E-state index is 13.8. The van der Waals surface area contributed by atoms with Crippen molar-refractivity contribution in [2.24, 2.45) is 0 Å². The fraction of sp³-hybridized carbons (Fsp3) is 0.200. The van der Waals surface area contributed by atoms with Crippen molar-refractivity contribution in [3.63, 3.8) is 0 Å². The number of halogens is 6. The van der Waals surface area contributed by atoms with E-state index in [2.05, 4.69) is 80.1 Å². The second-order valence-electron chi connectivity index (χ2n) is 13.9. The second kappa shape index (κ2) is 21.8. The molecule has 4 aromatic heterocycles. The van der Waals surface area contributed by atoms with Gasteiger partial charge in [-0.3, -0.25) is 21.3 Å². The van der Waals surface area contributed by atoms with Gasteiger partial charge < -0.3 is 48.4 Å². The van der Waals surface area contributed by atoms with E-state index in [4.69, 9.17) is 9.47 Å². The molecule has 0 radical (unpaired) electrons. The Balaban J connectivity index is 0.000000213. The molecule has 22 nitrogen and oxygen atoms in total. The zero-order valence-corrected chi connectivity index (χ0v) is 40.7. The zero-order chi connectivity index (χ0) is 52.1. The molecule has 32 heteroatoms. The van der Waals surface area contributed by atoms with Crippen LogP contribution in [0.3, 0.4) is 0 Å². The predicted octanol–water partition coefficient (Wildman–Crippen LogP) is 11.2. The molecule has 380 valence electrons. The number of methoxy groups -OCH3 is 6. The predicted molar refractivity (Wildman–Crippen MR) is 255 cm³/mol. The van der Waals surface area contributed by atoms with Crippen molar-refractivity contribution in [1.29, 1.82) is 0 Å². The highest BCUT2D eigenvalue weighted by molar-refractivity contribution is 8.77. The van der Waals surface area contributed by atoms with Gasteiger partial charge in [0, 0.05) is 21.9 Å². The molecule has 0 unspecified atom stereocenters. The summed E-state index contributed by atoms with van der Waals surface area (Å²) in [6, 6.07) is 10.8. The number of anilines is 4.